The Morgan fingerprint density at radius 2 is 1.96 bits per heavy atom. The SMILES string of the molecule is CS(=O)(=O)N1C[C@@H](NC(=O)COCc2ccccc2)[C@H](C2CC2)C1. The number of amides is 1. The molecule has 0 unspecified atom stereocenters. The van der Waals surface area contributed by atoms with Gasteiger partial charge in [0.25, 0.3) is 0 Å². The summed E-state index contributed by atoms with van der Waals surface area (Å²) < 4.78 is 30.5. The molecule has 0 bridgehead atoms. The van der Waals surface area contributed by atoms with Crippen LogP contribution in [-0.4, -0.2) is 50.6 Å². The minimum Gasteiger partial charge on any atom is -0.367 e. The lowest BCUT2D eigenvalue weighted by molar-refractivity contribution is -0.127. The van der Waals surface area contributed by atoms with Gasteiger partial charge in [-0.05, 0) is 30.2 Å². The first kappa shape index (κ1) is 17.4. The summed E-state index contributed by atoms with van der Waals surface area (Å²) in [5.41, 5.74) is 1.02. The first-order valence-electron chi connectivity index (χ1n) is 8.29. The normalized spacial score (nSPS) is 24.9. The Bertz CT molecular complexity index is 673. The molecule has 7 heteroatoms. The molecule has 1 aromatic rings. The Balaban J connectivity index is 1.49. The van der Waals surface area contributed by atoms with Crippen molar-refractivity contribution < 1.29 is 17.9 Å². The van der Waals surface area contributed by atoms with Crippen LogP contribution in [-0.2, 0) is 26.2 Å². The summed E-state index contributed by atoms with van der Waals surface area (Å²) in [4.78, 5) is 12.1. The molecule has 1 saturated heterocycles. The zero-order chi connectivity index (χ0) is 17.2. The topological polar surface area (TPSA) is 75.7 Å². The van der Waals surface area contributed by atoms with Crippen LogP contribution in [0.3, 0.4) is 0 Å². The van der Waals surface area contributed by atoms with E-state index in [2.05, 4.69) is 5.32 Å². The molecule has 0 spiro atoms. The summed E-state index contributed by atoms with van der Waals surface area (Å²) in [6, 6.07) is 9.57. The summed E-state index contributed by atoms with van der Waals surface area (Å²) in [5, 5.41) is 2.97. The average molecular weight is 352 g/mol. The van der Waals surface area contributed by atoms with E-state index in [0.29, 0.717) is 25.6 Å². The number of ether oxygens (including phenoxy) is 1. The van der Waals surface area contributed by atoms with E-state index in [1.54, 1.807) is 0 Å². The molecular formula is C17H24N2O4S. The van der Waals surface area contributed by atoms with Crippen molar-refractivity contribution in [2.24, 2.45) is 11.8 Å². The average Bonchev–Trinajstić information content (AvgIpc) is 3.28. The van der Waals surface area contributed by atoms with Gasteiger partial charge in [0.2, 0.25) is 15.9 Å². The van der Waals surface area contributed by atoms with Crippen LogP contribution in [0.25, 0.3) is 0 Å². The Labute approximate surface area is 143 Å². The van der Waals surface area contributed by atoms with E-state index in [9.17, 15) is 13.2 Å². The molecule has 3 rings (SSSR count). The smallest absolute Gasteiger partial charge is 0.246 e. The van der Waals surface area contributed by atoms with E-state index in [0.717, 1.165) is 18.4 Å². The lowest BCUT2D eigenvalue weighted by Crippen LogP contribution is -2.43. The van der Waals surface area contributed by atoms with Crippen LogP contribution in [0.15, 0.2) is 30.3 Å². The molecule has 2 aliphatic rings. The van der Waals surface area contributed by atoms with E-state index in [4.69, 9.17) is 4.74 Å². The second-order valence-electron chi connectivity index (χ2n) is 6.73. The fraction of sp³-hybridized carbons (Fsp3) is 0.588. The first-order valence-corrected chi connectivity index (χ1v) is 10.1. The van der Waals surface area contributed by atoms with Crippen LogP contribution in [0, 0.1) is 11.8 Å². The molecule has 1 aliphatic carbocycles. The van der Waals surface area contributed by atoms with E-state index in [1.165, 1.54) is 10.6 Å². The van der Waals surface area contributed by atoms with Crippen LogP contribution in [0.2, 0.25) is 0 Å². The van der Waals surface area contributed by atoms with Crippen molar-refractivity contribution in [3.63, 3.8) is 0 Å². The molecule has 0 aromatic heterocycles. The minimum atomic E-state index is -3.21. The van der Waals surface area contributed by atoms with Crippen molar-refractivity contribution in [2.75, 3.05) is 26.0 Å². The number of hydrogen-bond donors (Lipinski definition) is 1. The van der Waals surface area contributed by atoms with Gasteiger partial charge in [0.1, 0.15) is 6.61 Å². The molecule has 1 aromatic carbocycles. The third-order valence-corrected chi connectivity index (χ3v) is 5.96. The number of rotatable bonds is 7. The predicted octanol–water partition coefficient (Wildman–Crippen LogP) is 0.989. The maximum atomic E-state index is 12.1. The van der Waals surface area contributed by atoms with Crippen LogP contribution < -0.4 is 5.32 Å². The largest absolute Gasteiger partial charge is 0.367 e. The van der Waals surface area contributed by atoms with Gasteiger partial charge in [-0.2, -0.15) is 4.31 Å². The third-order valence-electron chi connectivity index (χ3n) is 4.72. The van der Waals surface area contributed by atoms with E-state index < -0.39 is 10.0 Å². The lowest BCUT2D eigenvalue weighted by atomic mass is 9.98. The highest BCUT2D eigenvalue weighted by Crippen LogP contribution is 2.41. The minimum absolute atomic E-state index is 0.0122. The molecule has 1 aliphatic heterocycles. The summed E-state index contributed by atoms with van der Waals surface area (Å²) in [7, 11) is -3.21. The zero-order valence-electron chi connectivity index (χ0n) is 13.8. The Kier molecular flexibility index (Phi) is 5.22. The molecule has 1 amide bonds. The molecule has 6 nitrogen and oxygen atoms in total. The Hall–Kier alpha value is -1.44. The van der Waals surface area contributed by atoms with Gasteiger partial charge in [-0.25, -0.2) is 8.42 Å². The van der Waals surface area contributed by atoms with Gasteiger partial charge in [0, 0.05) is 19.1 Å². The fourth-order valence-corrected chi connectivity index (χ4v) is 4.18. The second kappa shape index (κ2) is 7.21. The van der Waals surface area contributed by atoms with Gasteiger partial charge in [0.15, 0.2) is 0 Å². The summed E-state index contributed by atoms with van der Waals surface area (Å²) >= 11 is 0. The molecule has 132 valence electrons. The van der Waals surface area contributed by atoms with Gasteiger partial charge < -0.3 is 10.1 Å². The molecule has 1 N–H and O–H groups in total. The number of nitrogens with zero attached hydrogens (tertiary/aromatic N) is 1. The summed E-state index contributed by atoms with van der Waals surface area (Å²) in [6.07, 6.45) is 3.47. The molecular weight excluding hydrogens is 328 g/mol. The Morgan fingerprint density at radius 1 is 1.25 bits per heavy atom. The molecule has 24 heavy (non-hydrogen) atoms. The van der Waals surface area contributed by atoms with Gasteiger partial charge in [-0.1, -0.05) is 30.3 Å². The highest BCUT2D eigenvalue weighted by Gasteiger charge is 2.45. The van der Waals surface area contributed by atoms with Crippen LogP contribution in [0.4, 0.5) is 0 Å². The van der Waals surface area contributed by atoms with Crippen LogP contribution >= 0.6 is 0 Å². The second-order valence-corrected chi connectivity index (χ2v) is 8.72. The molecule has 2 fully saturated rings. The number of nitrogens with one attached hydrogen (secondary N) is 1. The van der Waals surface area contributed by atoms with Gasteiger partial charge in [-0.15, -0.1) is 0 Å². The number of benzene rings is 1. The number of hydrogen-bond acceptors (Lipinski definition) is 4. The fourth-order valence-electron chi connectivity index (χ4n) is 3.30. The molecule has 0 radical (unpaired) electrons. The quantitative estimate of drug-likeness (QED) is 0.794. The van der Waals surface area contributed by atoms with E-state index in [-0.39, 0.29) is 24.5 Å². The third kappa shape index (κ3) is 4.55. The maximum absolute atomic E-state index is 12.1. The Morgan fingerprint density at radius 3 is 2.58 bits per heavy atom. The zero-order valence-corrected chi connectivity index (χ0v) is 14.7. The van der Waals surface area contributed by atoms with Crippen molar-refractivity contribution in [3.05, 3.63) is 35.9 Å². The van der Waals surface area contributed by atoms with Crippen LogP contribution in [0.1, 0.15) is 18.4 Å². The predicted molar refractivity (Wildman–Crippen MR) is 90.7 cm³/mol. The summed E-state index contributed by atoms with van der Waals surface area (Å²) in [6.45, 7) is 1.26. The highest BCUT2D eigenvalue weighted by molar-refractivity contribution is 7.88. The molecule has 1 saturated carbocycles. The monoisotopic (exact) mass is 352 g/mol. The van der Waals surface area contributed by atoms with Crippen molar-refractivity contribution in [1.29, 1.82) is 0 Å². The van der Waals surface area contributed by atoms with Crippen molar-refractivity contribution >= 4 is 15.9 Å². The van der Waals surface area contributed by atoms with E-state index >= 15 is 0 Å². The maximum Gasteiger partial charge on any atom is 0.246 e. The first-order chi connectivity index (χ1) is 11.4. The number of carbonyl (C=O) groups is 1. The number of carbonyl (C=O) groups excluding carboxylic acids is 1. The lowest BCUT2D eigenvalue weighted by Gasteiger charge is -2.19. The van der Waals surface area contributed by atoms with Crippen molar-refractivity contribution in [1.82, 2.24) is 9.62 Å². The summed E-state index contributed by atoms with van der Waals surface area (Å²) in [5.74, 6) is 0.571. The highest BCUT2D eigenvalue weighted by atomic mass is 32.2. The van der Waals surface area contributed by atoms with Gasteiger partial charge >= 0.3 is 0 Å². The molecule has 2 atom stereocenters. The van der Waals surface area contributed by atoms with E-state index in [1.807, 2.05) is 30.3 Å². The molecule has 1 heterocycles. The van der Waals surface area contributed by atoms with Crippen LogP contribution in [0.5, 0.6) is 0 Å². The standard InChI is InChI=1S/C17H24N2O4S/c1-24(21,22)19-9-15(14-7-8-14)16(10-19)18-17(20)12-23-11-13-5-3-2-4-6-13/h2-6,14-16H,7-12H2,1H3,(H,18,20)/t15-,16+/m0/s1. The van der Waals surface area contributed by atoms with Crippen molar-refractivity contribution in [3.8, 4) is 0 Å². The van der Waals surface area contributed by atoms with Gasteiger partial charge in [0.05, 0.1) is 12.9 Å². The van der Waals surface area contributed by atoms with Crippen molar-refractivity contribution in [2.45, 2.75) is 25.5 Å². The van der Waals surface area contributed by atoms with Gasteiger partial charge in [-0.3, -0.25) is 4.79 Å². The number of sulfonamides is 1.